The molecule has 3 aromatic rings. The molecule has 1 fully saturated rings. The minimum atomic E-state index is -0.504. The fraction of sp³-hybridized carbons (Fsp3) is 0.435. The Hall–Kier alpha value is -2.17. The van der Waals surface area contributed by atoms with Gasteiger partial charge in [0.15, 0.2) is 5.78 Å². The minimum absolute atomic E-state index is 0.0806. The molecule has 2 aromatic carbocycles. The first-order valence-electron chi connectivity index (χ1n) is 9.91. The van der Waals surface area contributed by atoms with Crippen LogP contribution in [0, 0.1) is 0 Å². The smallest absolute Gasteiger partial charge is 0.159 e. The molecule has 1 aromatic heterocycles. The lowest BCUT2D eigenvalue weighted by Gasteiger charge is -2.20. The molecule has 2 heterocycles. The number of aliphatic hydroxyl groups is 1. The largest absolute Gasteiger partial charge is 0.389 e. The standard InChI is InChI=1S/C23H28N2O2/c1-15(26)17-6-8-22-20(13-17)21-14-18(16(2)27)7-9-23(21)25(22)12-10-19-5-4-11-24(19)3/h6-9,13-15,19,26H,4-5,10-12H2,1-3H3. The van der Waals surface area contributed by atoms with Crippen molar-refractivity contribution in [2.24, 2.45) is 0 Å². The van der Waals surface area contributed by atoms with Gasteiger partial charge in [-0.3, -0.25) is 4.79 Å². The number of hydrogen-bond acceptors (Lipinski definition) is 3. The number of carbonyl (C=O) groups excluding carboxylic acids is 1. The first-order valence-corrected chi connectivity index (χ1v) is 9.91. The summed E-state index contributed by atoms with van der Waals surface area (Å²) in [6.45, 7) is 5.55. The highest BCUT2D eigenvalue weighted by molar-refractivity contribution is 6.10. The third-order valence-electron chi connectivity index (χ3n) is 6.14. The number of aryl methyl sites for hydroxylation is 1. The zero-order valence-corrected chi connectivity index (χ0v) is 16.4. The highest BCUT2D eigenvalue weighted by atomic mass is 16.3. The van der Waals surface area contributed by atoms with E-state index >= 15 is 0 Å². The Morgan fingerprint density at radius 2 is 1.89 bits per heavy atom. The third kappa shape index (κ3) is 3.28. The van der Waals surface area contributed by atoms with Gasteiger partial charge in [0.05, 0.1) is 6.10 Å². The van der Waals surface area contributed by atoms with Crippen LogP contribution in [0.1, 0.15) is 55.1 Å². The molecule has 0 spiro atoms. The van der Waals surface area contributed by atoms with Crippen LogP contribution < -0.4 is 0 Å². The van der Waals surface area contributed by atoms with Crippen LogP contribution >= 0.6 is 0 Å². The molecule has 1 aliphatic heterocycles. The van der Waals surface area contributed by atoms with Crippen LogP contribution in [-0.2, 0) is 6.54 Å². The number of hydrogen-bond donors (Lipinski definition) is 1. The zero-order chi connectivity index (χ0) is 19.1. The van der Waals surface area contributed by atoms with E-state index in [1.807, 2.05) is 18.2 Å². The van der Waals surface area contributed by atoms with E-state index in [1.54, 1.807) is 13.8 Å². The minimum Gasteiger partial charge on any atom is -0.389 e. The van der Waals surface area contributed by atoms with Crippen LogP contribution in [0.25, 0.3) is 21.8 Å². The average molecular weight is 364 g/mol. The van der Waals surface area contributed by atoms with E-state index in [0.717, 1.165) is 34.9 Å². The maximum absolute atomic E-state index is 11.9. The number of aliphatic hydroxyl groups excluding tert-OH is 1. The number of benzene rings is 2. The molecule has 0 amide bonds. The van der Waals surface area contributed by atoms with E-state index in [1.165, 1.54) is 30.4 Å². The number of aromatic nitrogens is 1. The Morgan fingerprint density at radius 1 is 1.19 bits per heavy atom. The summed E-state index contributed by atoms with van der Waals surface area (Å²) in [5.41, 5.74) is 3.99. The highest BCUT2D eigenvalue weighted by Gasteiger charge is 2.21. The number of likely N-dealkylation sites (tertiary alicyclic amines) is 1. The summed E-state index contributed by atoms with van der Waals surface area (Å²) < 4.78 is 2.38. The van der Waals surface area contributed by atoms with E-state index in [2.05, 4.69) is 34.7 Å². The Labute approximate surface area is 160 Å². The summed E-state index contributed by atoms with van der Waals surface area (Å²) in [5.74, 6) is 0.0806. The van der Waals surface area contributed by atoms with Gasteiger partial charge in [-0.2, -0.15) is 0 Å². The lowest BCUT2D eigenvalue weighted by Crippen LogP contribution is -2.26. The van der Waals surface area contributed by atoms with Gasteiger partial charge in [0.2, 0.25) is 0 Å². The topological polar surface area (TPSA) is 45.5 Å². The predicted molar refractivity (Wildman–Crippen MR) is 110 cm³/mol. The average Bonchev–Trinajstić information content (AvgIpc) is 3.19. The van der Waals surface area contributed by atoms with Gasteiger partial charge in [-0.05, 0) is 82.6 Å². The number of ketones is 1. The quantitative estimate of drug-likeness (QED) is 0.676. The van der Waals surface area contributed by atoms with Gasteiger partial charge in [-0.25, -0.2) is 0 Å². The third-order valence-corrected chi connectivity index (χ3v) is 6.14. The Morgan fingerprint density at radius 3 is 2.52 bits per heavy atom. The van der Waals surface area contributed by atoms with Crippen LogP contribution in [0.4, 0.5) is 0 Å². The van der Waals surface area contributed by atoms with Gasteiger partial charge in [0.25, 0.3) is 0 Å². The lowest BCUT2D eigenvalue weighted by atomic mass is 10.0. The molecular formula is C23H28N2O2. The van der Waals surface area contributed by atoms with E-state index in [0.29, 0.717) is 6.04 Å². The molecule has 1 saturated heterocycles. The summed E-state index contributed by atoms with van der Waals surface area (Å²) in [7, 11) is 2.22. The molecule has 1 aliphatic rings. The van der Waals surface area contributed by atoms with Crippen molar-refractivity contribution < 1.29 is 9.90 Å². The predicted octanol–water partition coefficient (Wildman–Crippen LogP) is 4.53. The molecular weight excluding hydrogens is 336 g/mol. The summed E-state index contributed by atoms with van der Waals surface area (Å²) in [4.78, 5) is 14.4. The van der Waals surface area contributed by atoms with Gasteiger partial charge in [0.1, 0.15) is 0 Å². The molecule has 4 rings (SSSR count). The molecule has 0 saturated carbocycles. The summed E-state index contributed by atoms with van der Waals surface area (Å²) in [6.07, 6.45) is 3.18. The zero-order valence-electron chi connectivity index (χ0n) is 16.4. The number of Topliss-reactive ketones (excluding diaryl/α,β-unsaturated/α-hetero) is 1. The van der Waals surface area contributed by atoms with Gasteiger partial charge in [-0.1, -0.05) is 6.07 Å². The van der Waals surface area contributed by atoms with Crippen LogP contribution in [0.3, 0.4) is 0 Å². The van der Waals surface area contributed by atoms with E-state index < -0.39 is 6.10 Å². The van der Waals surface area contributed by atoms with Crippen LogP contribution in [-0.4, -0.2) is 40.0 Å². The molecule has 142 valence electrons. The number of rotatable bonds is 5. The van der Waals surface area contributed by atoms with Crippen molar-refractivity contribution in [3.05, 3.63) is 47.5 Å². The molecule has 0 aliphatic carbocycles. The van der Waals surface area contributed by atoms with Gasteiger partial charge in [0, 0.05) is 40.0 Å². The van der Waals surface area contributed by atoms with Crippen LogP contribution in [0.5, 0.6) is 0 Å². The fourth-order valence-electron chi connectivity index (χ4n) is 4.46. The SMILES string of the molecule is CC(=O)c1ccc2c(c1)c1cc(C(C)O)ccc1n2CCC1CCCN1C. The fourth-order valence-corrected chi connectivity index (χ4v) is 4.46. The molecule has 4 nitrogen and oxygen atoms in total. The maximum atomic E-state index is 11.9. The summed E-state index contributed by atoms with van der Waals surface area (Å²) in [6, 6.07) is 12.8. The highest BCUT2D eigenvalue weighted by Crippen LogP contribution is 2.33. The van der Waals surface area contributed by atoms with Crippen molar-refractivity contribution in [1.82, 2.24) is 9.47 Å². The van der Waals surface area contributed by atoms with Crippen LogP contribution in [0.15, 0.2) is 36.4 Å². The molecule has 27 heavy (non-hydrogen) atoms. The molecule has 1 N–H and O–H groups in total. The Bertz CT molecular complexity index is 1000. The Kier molecular flexibility index (Phi) is 4.79. The molecule has 0 bridgehead atoms. The second kappa shape index (κ2) is 7.10. The Balaban J connectivity index is 1.83. The van der Waals surface area contributed by atoms with Gasteiger partial charge < -0.3 is 14.6 Å². The normalized spacial score (nSPS) is 19.2. The van der Waals surface area contributed by atoms with Crippen molar-refractivity contribution in [3.8, 4) is 0 Å². The van der Waals surface area contributed by atoms with Crippen molar-refractivity contribution in [2.75, 3.05) is 13.6 Å². The maximum Gasteiger partial charge on any atom is 0.159 e. The van der Waals surface area contributed by atoms with Crippen molar-refractivity contribution in [1.29, 1.82) is 0 Å². The molecule has 2 unspecified atom stereocenters. The number of nitrogens with zero attached hydrogens (tertiary/aromatic N) is 2. The first kappa shape index (κ1) is 18.2. The van der Waals surface area contributed by atoms with Crippen molar-refractivity contribution in [2.45, 2.75) is 51.8 Å². The second-order valence-corrected chi connectivity index (χ2v) is 7.96. The number of fused-ring (bicyclic) bond motifs is 3. The second-order valence-electron chi connectivity index (χ2n) is 7.96. The monoisotopic (exact) mass is 364 g/mol. The first-order chi connectivity index (χ1) is 13.0. The lowest BCUT2D eigenvalue weighted by molar-refractivity contribution is 0.101. The molecule has 2 atom stereocenters. The summed E-state index contributed by atoms with van der Waals surface area (Å²) in [5, 5.41) is 12.2. The molecule has 4 heteroatoms. The van der Waals surface area contributed by atoms with E-state index in [4.69, 9.17) is 0 Å². The van der Waals surface area contributed by atoms with Gasteiger partial charge >= 0.3 is 0 Å². The molecule has 0 radical (unpaired) electrons. The van der Waals surface area contributed by atoms with E-state index in [-0.39, 0.29) is 5.78 Å². The van der Waals surface area contributed by atoms with Crippen molar-refractivity contribution >= 4 is 27.6 Å². The van der Waals surface area contributed by atoms with E-state index in [9.17, 15) is 9.90 Å². The van der Waals surface area contributed by atoms with Crippen molar-refractivity contribution in [3.63, 3.8) is 0 Å². The van der Waals surface area contributed by atoms with Crippen LogP contribution in [0.2, 0.25) is 0 Å². The number of carbonyl (C=O) groups is 1. The summed E-state index contributed by atoms with van der Waals surface area (Å²) >= 11 is 0. The van der Waals surface area contributed by atoms with Gasteiger partial charge in [-0.15, -0.1) is 0 Å².